The Bertz CT molecular complexity index is 999. The molecule has 182 valence electrons. The molecule has 0 aromatic heterocycles. The maximum absolute atomic E-state index is 13.3. The van der Waals surface area contributed by atoms with Gasteiger partial charge in [-0.2, -0.15) is 13.2 Å². The van der Waals surface area contributed by atoms with E-state index in [0.717, 1.165) is 38.1 Å². The number of carbonyl (C=O) groups is 2. The van der Waals surface area contributed by atoms with Gasteiger partial charge in [-0.15, -0.1) is 0 Å². The van der Waals surface area contributed by atoms with E-state index in [1.807, 2.05) is 23.1 Å². The normalized spacial score (nSPS) is 17.0. The molecule has 0 saturated carbocycles. The molecule has 34 heavy (non-hydrogen) atoms. The van der Waals surface area contributed by atoms with Crippen molar-refractivity contribution in [3.8, 4) is 5.75 Å². The number of hydrogen-bond acceptors (Lipinski definition) is 4. The largest absolute Gasteiger partial charge is 0.484 e. The molecule has 0 aliphatic carbocycles. The first kappa shape index (κ1) is 23.9. The fourth-order valence-corrected chi connectivity index (χ4v) is 4.43. The van der Waals surface area contributed by atoms with Gasteiger partial charge in [0.25, 0.3) is 5.91 Å². The highest BCUT2D eigenvalue weighted by atomic mass is 19.4. The van der Waals surface area contributed by atoms with Gasteiger partial charge in [0, 0.05) is 32.1 Å². The van der Waals surface area contributed by atoms with Gasteiger partial charge in [-0.05, 0) is 56.0 Å². The quantitative estimate of drug-likeness (QED) is 0.666. The summed E-state index contributed by atoms with van der Waals surface area (Å²) in [7, 11) is 0. The van der Waals surface area contributed by atoms with Crippen LogP contribution in [0, 0.1) is 5.92 Å². The number of piperidine rings is 1. The first-order chi connectivity index (χ1) is 16.3. The third kappa shape index (κ3) is 5.81. The number of hydrogen-bond donors (Lipinski definition) is 1. The van der Waals surface area contributed by atoms with Gasteiger partial charge >= 0.3 is 6.18 Å². The summed E-state index contributed by atoms with van der Waals surface area (Å²) in [6.07, 6.45) is -1.66. The molecule has 0 radical (unpaired) electrons. The number of nitrogens with zero attached hydrogens (tertiary/aromatic N) is 2. The molecule has 1 N–H and O–H groups in total. The summed E-state index contributed by atoms with van der Waals surface area (Å²) in [6.45, 7) is 2.22. The summed E-state index contributed by atoms with van der Waals surface area (Å²) in [6, 6.07) is 12.6. The first-order valence-corrected chi connectivity index (χ1v) is 11.5. The zero-order valence-electron chi connectivity index (χ0n) is 18.8. The van der Waals surface area contributed by atoms with E-state index in [4.69, 9.17) is 4.74 Å². The molecule has 2 fully saturated rings. The van der Waals surface area contributed by atoms with Gasteiger partial charge in [0.15, 0.2) is 6.61 Å². The topological polar surface area (TPSA) is 61.9 Å². The molecule has 6 nitrogen and oxygen atoms in total. The number of amides is 2. The molecule has 2 aliphatic heterocycles. The molecule has 4 rings (SSSR count). The van der Waals surface area contributed by atoms with Gasteiger partial charge in [0.1, 0.15) is 5.75 Å². The van der Waals surface area contributed by atoms with E-state index in [9.17, 15) is 22.8 Å². The van der Waals surface area contributed by atoms with Crippen LogP contribution in [0.25, 0.3) is 0 Å². The lowest BCUT2D eigenvalue weighted by Crippen LogP contribution is -2.43. The average molecular weight is 476 g/mol. The lowest BCUT2D eigenvalue weighted by Gasteiger charge is -2.31. The van der Waals surface area contributed by atoms with E-state index in [1.165, 1.54) is 6.07 Å². The van der Waals surface area contributed by atoms with Gasteiger partial charge in [0.2, 0.25) is 5.91 Å². The van der Waals surface area contributed by atoms with Gasteiger partial charge in [-0.1, -0.05) is 18.2 Å². The molecule has 0 atom stereocenters. The van der Waals surface area contributed by atoms with Crippen molar-refractivity contribution in [3.05, 3.63) is 54.1 Å². The van der Waals surface area contributed by atoms with Crippen LogP contribution in [0.1, 0.15) is 31.2 Å². The average Bonchev–Trinajstić information content (AvgIpc) is 3.37. The molecule has 2 aromatic carbocycles. The van der Waals surface area contributed by atoms with Crippen molar-refractivity contribution in [2.45, 2.75) is 31.9 Å². The van der Waals surface area contributed by atoms with Crippen LogP contribution in [0.2, 0.25) is 0 Å². The SMILES string of the molecule is O=C(Nc1cc(C(F)(F)F)ccc1N1CCCC1)C1CCN(C(=O)COc2ccccc2)CC1. The predicted molar refractivity (Wildman–Crippen MR) is 123 cm³/mol. The van der Waals surface area contributed by atoms with Crippen LogP contribution in [-0.4, -0.2) is 49.5 Å². The smallest absolute Gasteiger partial charge is 0.416 e. The minimum absolute atomic E-state index is 0.0791. The molecule has 2 amide bonds. The molecule has 0 spiro atoms. The Balaban J connectivity index is 1.35. The van der Waals surface area contributed by atoms with Crippen LogP contribution < -0.4 is 15.0 Å². The second-order valence-electron chi connectivity index (χ2n) is 8.67. The number of anilines is 2. The highest BCUT2D eigenvalue weighted by Crippen LogP contribution is 2.37. The van der Waals surface area contributed by atoms with Crippen molar-refractivity contribution in [2.75, 3.05) is 43.0 Å². The molecule has 2 saturated heterocycles. The zero-order chi connectivity index (χ0) is 24.1. The van der Waals surface area contributed by atoms with Crippen molar-refractivity contribution >= 4 is 23.2 Å². The third-order valence-electron chi connectivity index (χ3n) is 6.35. The summed E-state index contributed by atoms with van der Waals surface area (Å²) >= 11 is 0. The van der Waals surface area contributed by atoms with E-state index in [0.29, 0.717) is 37.4 Å². The summed E-state index contributed by atoms with van der Waals surface area (Å²) in [5, 5.41) is 2.75. The number of ether oxygens (including phenoxy) is 1. The maximum Gasteiger partial charge on any atom is 0.416 e. The number of rotatable bonds is 6. The lowest BCUT2D eigenvalue weighted by atomic mass is 9.95. The summed E-state index contributed by atoms with van der Waals surface area (Å²) in [4.78, 5) is 29.1. The van der Waals surface area contributed by atoms with Crippen molar-refractivity contribution in [1.82, 2.24) is 4.90 Å². The number of benzene rings is 2. The Labute approximate surface area is 196 Å². The molecule has 2 heterocycles. The number of alkyl halides is 3. The number of nitrogens with one attached hydrogen (secondary N) is 1. The predicted octanol–water partition coefficient (Wildman–Crippen LogP) is 4.56. The third-order valence-corrected chi connectivity index (χ3v) is 6.35. The Morgan fingerprint density at radius 3 is 2.29 bits per heavy atom. The molecule has 0 bridgehead atoms. The molecule has 9 heteroatoms. The van der Waals surface area contributed by atoms with Crippen LogP contribution in [0.5, 0.6) is 5.75 Å². The fraction of sp³-hybridized carbons (Fsp3) is 0.440. The van der Waals surface area contributed by atoms with Crippen molar-refractivity contribution in [2.24, 2.45) is 5.92 Å². The standard InChI is InChI=1S/C25H28F3N3O3/c26-25(27,28)19-8-9-22(30-12-4-5-13-30)21(16-19)29-24(33)18-10-14-31(15-11-18)23(32)17-34-20-6-2-1-3-7-20/h1-3,6-9,16,18H,4-5,10-15,17H2,(H,29,33). The van der Waals surface area contributed by atoms with Gasteiger partial charge in [0.05, 0.1) is 16.9 Å². The molecular weight excluding hydrogens is 447 g/mol. The number of likely N-dealkylation sites (tertiary alicyclic amines) is 1. The van der Waals surface area contributed by atoms with Crippen molar-refractivity contribution in [1.29, 1.82) is 0 Å². The van der Waals surface area contributed by atoms with Crippen molar-refractivity contribution in [3.63, 3.8) is 0 Å². The Hall–Kier alpha value is -3.23. The highest BCUT2D eigenvalue weighted by Gasteiger charge is 2.33. The first-order valence-electron chi connectivity index (χ1n) is 11.5. The summed E-state index contributed by atoms with van der Waals surface area (Å²) < 4.78 is 45.4. The number of halogens is 3. The maximum atomic E-state index is 13.3. The summed E-state index contributed by atoms with van der Waals surface area (Å²) in [5.74, 6) is -0.232. The second kappa shape index (κ2) is 10.4. The van der Waals surface area contributed by atoms with E-state index < -0.39 is 11.7 Å². The fourth-order valence-electron chi connectivity index (χ4n) is 4.43. The minimum atomic E-state index is -4.49. The summed E-state index contributed by atoms with van der Waals surface area (Å²) in [5.41, 5.74) is 0.0191. The van der Waals surface area contributed by atoms with E-state index in [1.54, 1.807) is 17.0 Å². The van der Waals surface area contributed by atoms with Gasteiger partial charge in [-0.3, -0.25) is 9.59 Å². The van der Waals surface area contributed by atoms with E-state index in [-0.39, 0.29) is 30.0 Å². The van der Waals surface area contributed by atoms with Crippen molar-refractivity contribution < 1.29 is 27.5 Å². The molecule has 2 aliphatic rings. The Morgan fingerprint density at radius 2 is 1.65 bits per heavy atom. The van der Waals surface area contributed by atoms with Gasteiger partial charge in [-0.25, -0.2) is 0 Å². The van der Waals surface area contributed by atoms with Crippen LogP contribution >= 0.6 is 0 Å². The Morgan fingerprint density at radius 1 is 0.971 bits per heavy atom. The van der Waals surface area contributed by atoms with E-state index in [2.05, 4.69) is 5.32 Å². The molecule has 2 aromatic rings. The highest BCUT2D eigenvalue weighted by molar-refractivity contribution is 5.96. The monoisotopic (exact) mass is 475 g/mol. The number of carbonyl (C=O) groups excluding carboxylic acids is 2. The van der Waals surface area contributed by atoms with Crippen LogP contribution in [0.3, 0.4) is 0 Å². The van der Waals surface area contributed by atoms with Gasteiger partial charge < -0.3 is 19.9 Å². The Kier molecular flexibility index (Phi) is 7.29. The van der Waals surface area contributed by atoms with Crippen LogP contribution in [-0.2, 0) is 15.8 Å². The number of para-hydroxylation sites is 1. The zero-order valence-corrected chi connectivity index (χ0v) is 18.8. The van der Waals surface area contributed by atoms with E-state index >= 15 is 0 Å². The molecule has 0 unspecified atom stereocenters. The van der Waals surface area contributed by atoms with Crippen LogP contribution in [0.4, 0.5) is 24.5 Å². The minimum Gasteiger partial charge on any atom is -0.484 e. The molecular formula is C25H28F3N3O3. The second-order valence-corrected chi connectivity index (χ2v) is 8.67. The lowest BCUT2D eigenvalue weighted by molar-refractivity contribution is -0.137. The van der Waals surface area contributed by atoms with Crippen LogP contribution in [0.15, 0.2) is 48.5 Å².